The van der Waals surface area contributed by atoms with Gasteiger partial charge in [0.15, 0.2) is 0 Å². The lowest BCUT2D eigenvalue weighted by atomic mass is 9.77. The number of fused-ring (bicyclic) bond motifs is 4. The molecule has 0 fully saturated rings. The topological polar surface area (TPSA) is 54.7 Å². The molecule has 3 heteroatoms. The molecule has 26 heavy (non-hydrogen) atoms. The number of nitrogens with one attached hydrogen (secondary N) is 1. The van der Waals surface area contributed by atoms with E-state index in [4.69, 9.17) is 5.73 Å². The highest BCUT2D eigenvalue weighted by molar-refractivity contribution is 5.85. The number of nitrogens with zero attached hydrogens (tertiary/aromatic N) is 1. The zero-order chi connectivity index (χ0) is 17.6. The van der Waals surface area contributed by atoms with Crippen LogP contribution in [0.15, 0.2) is 60.8 Å². The number of aromatic nitrogens is 2. The van der Waals surface area contributed by atoms with Crippen LogP contribution in [0.25, 0.3) is 21.8 Å². The Kier molecular flexibility index (Phi) is 3.57. The van der Waals surface area contributed by atoms with E-state index in [1.54, 1.807) is 0 Å². The molecule has 1 unspecified atom stereocenters. The van der Waals surface area contributed by atoms with Gasteiger partial charge in [-0.3, -0.25) is 4.98 Å². The van der Waals surface area contributed by atoms with Crippen molar-refractivity contribution in [1.29, 1.82) is 0 Å². The summed E-state index contributed by atoms with van der Waals surface area (Å²) < 4.78 is 0. The molecular formula is C23H23N3. The van der Waals surface area contributed by atoms with Gasteiger partial charge in [0.05, 0.1) is 11.1 Å². The lowest BCUT2D eigenvalue weighted by molar-refractivity contribution is 0.339. The molecule has 1 atom stereocenters. The van der Waals surface area contributed by atoms with Crippen LogP contribution in [-0.4, -0.2) is 9.97 Å². The maximum atomic E-state index is 6.95. The summed E-state index contributed by atoms with van der Waals surface area (Å²) in [6, 6.07) is 19.2. The molecule has 0 amide bonds. The minimum Gasteiger partial charge on any atom is -0.357 e. The number of aromatic amines is 1. The molecule has 2 heterocycles. The van der Waals surface area contributed by atoms with Gasteiger partial charge < -0.3 is 10.7 Å². The van der Waals surface area contributed by atoms with Gasteiger partial charge in [-0.05, 0) is 61.4 Å². The van der Waals surface area contributed by atoms with Crippen LogP contribution in [0.3, 0.4) is 0 Å². The maximum absolute atomic E-state index is 6.95. The molecule has 2 aromatic carbocycles. The van der Waals surface area contributed by atoms with Crippen LogP contribution in [0.4, 0.5) is 0 Å². The third-order valence-corrected chi connectivity index (χ3v) is 5.89. The molecule has 1 aliphatic carbocycles. The number of nitrogens with two attached hydrogens (primary N) is 1. The van der Waals surface area contributed by atoms with E-state index in [-0.39, 0.29) is 5.54 Å². The van der Waals surface area contributed by atoms with E-state index in [1.165, 1.54) is 33.1 Å². The van der Waals surface area contributed by atoms with Gasteiger partial charge in [0, 0.05) is 28.2 Å². The van der Waals surface area contributed by atoms with Crippen LogP contribution in [0.2, 0.25) is 0 Å². The minimum atomic E-state index is -0.272. The van der Waals surface area contributed by atoms with Crippen LogP contribution in [0, 0.1) is 0 Å². The number of para-hydroxylation sites is 1. The molecule has 0 bridgehead atoms. The average molecular weight is 341 g/mol. The molecule has 4 aromatic rings. The molecule has 0 aliphatic heterocycles. The number of hydrogen-bond donors (Lipinski definition) is 2. The highest BCUT2D eigenvalue weighted by Crippen LogP contribution is 2.39. The zero-order valence-corrected chi connectivity index (χ0v) is 14.8. The standard InChI is InChI=1S/C23H23N3/c24-23(13-11-16-9-10-17-5-4-14-25-21(17)15-16)12-3-7-19-18-6-1-2-8-20(18)26-22(19)23/h1-2,4-6,8-10,14-15,26H,3,7,11-13,24H2. The molecule has 5 rings (SSSR count). The van der Waals surface area contributed by atoms with Crippen molar-refractivity contribution in [3.8, 4) is 0 Å². The maximum Gasteiger partial charge on any atom is 0.0704 e. The predicted molar refractivity (Wildman–Crippen MR) is 107 cm³/mol. The Morgan fingerprint density at radius 2 is 2.00 bits per heavy atom. The number of benzene rings is 2. The van der Waals surface area contributed by atoms with Gasteiger partial charge in [0.25, 0.3) is 0 Å². The van der Waals surface area contributed by atoms with Crippen LogP contribution < -0.4 is 5.73 Å². The van der Waals surface area contributed by atoms with Gasteiger partial charge in [0.2, 0.25) is 0 Å². The summed E-state index contributed by atoms with van der Waals surface area (Å²) in [5, 5.41) is 2.53. The predicted octanol–water partition coefficient (Wildman–Crippen LogP) is 4.84. The Hall–Kier alpha value is -2.65. The van der Waals surface area contributed by atoms with Gasteiger partial charge in [-0.2, -0.15) is 0 Å². The van der Waals surface area contributed by atoms with E-state index in [0.717, 1.165) is 37.6 Å². The van der Waals surface area contributed by atoms with Crippen molar-refractivity contribution < 1.29 is 0 Å². The third-order valence-electron chi connectivity index (χ3n) is 5.89. The van der Waals surface area contributed by atoms with Gasteiger partial charge in [-0.15, -0.1) is 0 Å². The van der Waals surface area contributed by atoms with Crippen LogP contribution in [-0.2, 0) is 18.4 Å². The van der Waals surface area contributed by atoms with Crippen molar-refractivity contribution in [3.63, 3.8) is 0 Å². The van der Waals surface area contributed by atoms with E-state index in [0.29, 0.717) is 0 Å². The van der Waals surface area contributed by atoms with E-state index < -0.39 is 0 Å². The normalized spacial score (nSPS) is 19.7. The second-order valence-corrected chi connectivity index (χ2v) is 7.56. The molecule has 0 saturated carbocycles. The Morgan fingerprint density at radius 3 is 2.96 bits per heavy atom. The van der Waals surface area contributed by atoms with E-state index in [2.05, 4.69) is 58.5 Å². The molecule has 1 aliphatic rings. The van der Waals surface area contributed by atoms with E-state index in [1.807, 2.05) is 12.3 Å². The molecule has 3 N–H and O–H groups in total. The van der Waals surface area contributed by atoms with Crippen LogP contribution >= 0.6 is 0 Å². The smallest absolute Gasteiger partial charge is 0.0704 e. The first kappa shape index (κ1) is 15.6. The summed E-state index contributed by atoms with van der Waals surface area (Å²) in [4.78, 5) is 8.12. The third kappa shape index (κ3) is 2.51. The van der Waals surface area contributed by atoms with Crippen molar-refractivity contribution >= 4 is 21.8 Å². The van der Waals surface area contributed by atoms with E-state index in [9.17, 15) is 0 Å². The number of H-pyrrole nitrogens is 1. The molecule has 2 aromatic heterocycles. The second-order valence-electron chi connectivity index (χ2n) is 7.56. The fourth-order valence-electron chi connectivity index (χ4n) is 4.48. The van der Waals surface area contributed by atoms with E-state index >= 15 is 0 Å². The first-order valence-electron chi connectivity index (χ1n) is 9.46. The molecular weight excluding hydrogens is 318 g/mol. The number of pyridine rings is 1. The molecule has 0 radical (unpaired) electrons. The lowest BCUT2D eigenvalue weighted by Crippen LogP contribution is -2.40. The van der Waals surface area contributed by atoms with Crippen LogP contribution in [0.5, 0.6) is 0 Å². The highest BCUT2D eigenvalue weighted by atomic mass is 14.9. The number of rotatable bonds is 3. The summed E-state index contributed by atoms with van der Waals surface area (Å²) in [6.07, 6.45) is 7.10. The van der Waals surface area contributed by atoms with Gasteiger partial charge >= 0.3 is 0 Å². The SMILES string of the molecule is NC1(CCc2ccc3cccnc3c2)CCCc2c1[nH]c1ccccc21. The van der Waals surface area contributed by atoms with Gasteiger partial charge in [-0.25, -0.2) is 0 Å². The lowest BCUT2D eigenvalue weighted by Gasteiger charge is -2.34. The first-order valence-corrected chi connectivity index (χ1v) is 9.46. The number of hydrogen-bond acceptors (Lipinski definition) is 2. The second kappa shape index (κ2) is 5.96. The van der Waals surface area contributed by atoms with Crippen molar-refractivity contribution in [2.24, 2.45) is 5.73 Å². The molecule has 3 nitrogen and oxygen atoms in total. The average Bonchev–Trinajstić information content (AvgIpc) is 3.07. The first-order chi connectivity index (χ1) is 12.7. The zero-order valence-electron chi connectivity index (χ0n) is 14.8. The fourth-order valence-corrected chi connectivity index (χ4v) is 4.48. The fraction of sp³-hybridized carbons (Fsp3) is 0.261. The quantitative estimate of drug-likeness (QED) is 0.560. The summed E-state index contributed by atoms with van der Waals surface area (Å²) >= 11 is 0. The largest absolute Gasteiger partial charge is 0.357 e. The molecule has 0 spiro atoms. The minimum absolute atomic E-state index is 0.272. The van der Waals surface area contributed by atoms with Crippen molar-refractivity contribution in [2.75, 3.05) is 0 Å². The molecule has 130 valence electrons. The Balaban J connectivity index is 1.46. The van der Waals surface area contributed by atoms with Crippen molar-refractivity contribution in [1.82, 2.24) is 9.97 Å². The van der Waals surface area contributed by atoms with Gasteiger partial charge in [-0.1, -0.05) is 36.4 Å². The highest BCUT2D eigenvalue weighted by Gasteiger charge is 2.34. The Labute approximate surface area is 153 Å². The number of aryl methyl sites for hydroxylation is 2. The Morgan fingerprint density at radius 1 is 1.08 bits per heavy atom. The summed E-state index contributed by atoms with van der Waals surface area (Å²) in [5.41, 5.74) is 12.9. The monoisotopic (exact) mass is 341 g/mol. The molecule has 0 saturated heterocycles. The summed E-state index contributed by atoms with van der Waals surface area (Å²) in [6.45, 7) is 0. The van der Waals surface area contributed by atoms with Crippen molar-refractivity contribution in [3.05, 3.63) is 77.6 Å². The van der Waals surface area contributed by atoms with Crippen molar-refractivity contribution in [2.45, 2.75) is 37.6 Å². The van der Waals surface area contributed by atoms with Crippen LogP contribution in [0.1, 0.15) is 36.1 Å². The summed E-state index contributed by atoms with van der Waals surface area (Å²) in [5.74, 6) is 0. The van der Waals surface area contributed by atoms with Gasteiger partial charge in [0.1, 0.15) is 0 Å². The summed E-state index contributed by atoms with van der Waals surface area (Å²) in [7, 11) is 0. The Bertz CT molecular complexity index is 1090.